The van der Waals surface area contributed by atoms with Crippen LogP contribution in [0.5, 0.6) is 0 Å². The third-order valence-corrected chi connectivity index (χ3v) is 15.0. The zero-order valence-corrected chi connectivity index (χ0v) is 48.0. The summed E-state index contributed by atoms with van der Waals surface area (Å²) in [7, 11) is 0. The number of unbranched alkanes of at least 4 members (excludes halogenated alkanes) is 45. The van der Waals surface area contributed by atoms with E-state index in [0.29, 0.717) is 25.9 Å². The zero-order chi connectivity index (χ0) is 51.4. The van der Waals surface area contributed by atoms with E-state index in [0.717, 1.165) is 51.4 Å². The molecule has 0 aromatic rings. The van der Waals surface area contributed by atoms with Gasteiger partial charge in [-0.05, 0) is 57.8 Å². The van der Waals surface area contributed by atoms with Crippen molar-refractivity contribution in [3.8, 4) is 0 Å². The summed E-state index contributed by atoms with van der Waals surface area (Å²) < 4.78 is 5.48. The number of nitrogens with one attached hydrogen (secondary N) is 1. The first-order valence-electron chi connectivity index (χ1n) is 32.1. The van der Waals surface area contributed by atoms with Gasteiger partial charge in [-0.2, -0.15) is 0 Å². The number of ether oxygens (including phenoxy) is 1. The third-order valence-electron chi connectivity index (χ3n) is 15.0. The van der Waals surface area contributed by atoms with E-state index in [1.165, 1.54) is 270 Å². The first-order valence-corrected chi connectivity index (χ1v) is 32.1. The Labute approximate surface area is 443 Å². The van der Waals surface area contributed by atoms with E-state index in [1.807, 2.05) is 0 Å². The maximum absolute atomic E-state index is 12.5. The van der Waals surface area contributed by atoms with Crippen LogP contribution in [0.1, 0.15) is 354 Å². The Morgan fingerprint density at radius 3 is 1.10 bits per heavy atom. The second kappa shape index (κ2) is 60.9. The van der Waals surface area contributed by atoms with Crippen molar-refractivity contribution in [1.82, 2.24) is 5.32 Å². The molecule has 6 heteroatoms. The lowest BCUT2D eigenvalue weighted by atomic mass is 10.0. The molecule has 2 atom stereocenters. The van der Waals surface area contributed by atoms with Crippen LogP contribution in [-0.2, 0) is 14.3 Å². The fraction of sp³-hybridized carbons (Fsp3) is 0.908. The van der Waals surface area contributed by atoms with Gasteiger partial charge in [0.25, 0.3) is 0 Å². The summed E-state index contributed by atoms with van der Waals surface area (Å²) in [6, 6.07) is -0.537. The van der Waals surface area contributed by atoms with Gasteiger partial charge < -0.3 is 20.3 Å². The van der Waals surface area contributed by atoms with Crippen molar-refractivity contribution in [3.63, 3.8) is 0 Å². The average molecular weight is 1000 g/mol. The number of carbonyl (C=O) groups excluding carboxylic acids is 2. The van der Waals surface area contributed by atoms with E-state index in [4.69, 9.17) is 4.74 Å². The van der Waals surface area contributed by atoms with Crippen molar-refractivity contribution in [1.29, 1.82) is 0 Å². The van der Waals surface area contributed by atoms with Gasteiger partial charge in [0.15, 0.2) is 0 Å². The van der Waals surface area contributed by atoms with Crippen molar-refractivity contribution in [2.75, 3.05) is 13.2 Å². The highest BCUT2D eigenvalue weighted by atomic mass is 16.5. The monoisotopic (exact) mass is 1000 g/mol. The Balaban J connectivity index is 3.32. The number of aliphatic hydroxyl groups excluding tert-OH is 2. The molecule has 0 aromatic carbocycles. The van der Waals surface area contributed by atoms with Crippen molar-refractivity contribution in [2.45, 2.75) is 366 Å². The molecule has 0 aliphatic heterocycles. The van der Waals surface area contributed by atoms with Gasteiger partial charge in [0.1, 0.15) is 0 Å². The van der Waals surface area contributed by atoms with Crippen molar-refractivity contribution >= 4 is 11.9 Å². The molecule has 0 saturated carbocycles. The molecule has 0 heterocycles. The van der Waals surface area contributed by atoms with E-state index in [2.05, 4.69) is 43.5 Å². The van der Waals surface area contributed by atoms with Crippen LogP contribution in [0.2, 0.25) is 0 Å². The first-order chi connectivity index (χ1) is 35.0. The van der Waals surface area contributed by atoms with Crippen LogP contribution in [-0.4, -0.2) is 47.4 Å². The van der Waals surface area contributed by atoms with Gasteiger partial charge in [-0.3, -0.25) is 9.59 Å². The van der Waals surface area contributed by atoms with Gasteiger partial charge in [-0.1, -0.05) is 308 Å². The molecule has 0 aromatic heterocycles. The Bertz CT molecular complexity index is 1110. The van der Waals surface area contributed by atoms with Gasteiger partial charge in [0.05, 0.1) is 25.4 Å². The Morgan fingerprint density at radius 2 is 0.704 bits per heavy atom. The zero-order valence-electron chi connectivity index (χ0n) is 48.0. The van der Waals surface area contributed by atoms with Crippen molar-refractivity contribution in [2.24, 2.45) is 0 Å². The van der Waals surface area contributed by atoms with Crippen LogP contribution in [0.3, 0.4) is 0 Å². The standard InChI is InChI=1S/C65H125NO5/c1-3-5-7-9-11-13-15-16-31-35-39-43-47-51-55-59-65(70)71-60-56-52-48-44-40-36-33-30-28-26-24-22-20-18-17-19-21-23-25-27-29-32-34-38-42-46-50-54-58-64(69)66-62(61-67)63(68)57-53-49-45-41-37-14-12-10-8-6-4-2/h11,13,16,31,62-63,67-68H,3-10,12,14-15,17-30,32-61H2,1-2H3,(H,66,69)/b13-11-,31-16-. The normalized spacial score (nSPS) is 12.7. The quantitative estimate of drug-likeness (QED) is 0.0320. The molecule has 0 aliphatic carbocycles. The minimum atomic E-state index is -0.660. The fourth-order valence-electron chi connectivity index (χ4n) is 10.1. The Morgan fingerprint density at radius 1 is 0.394 bits per heavy atom. The lowest BCUT2D eigenvalue weighted by molar-refractivity contribution is -0.143. The molecule has 3 N–H and O–H groups in total. The smallest absolute Gasteiger partial charge is 0.305 e. The van der Waals surface area contributed by atoms with E-state index in [1.54, 1.807) is 0 Å². The topological polar surface area (TPSA) is 95.9 Å². The molecular weight excluding hydrogens is 875 g/mol. The highest BCUT2D eigenvalue weighted by molar-refractivity contribution is 5.76. The molecule has 0 radical (unpaired) electrons. The summed E-state index contributed by atoms with van der Waals surface area (Å²) in [4.78, 5) is 24.5. The van der Waals surface area contributed by atoms with Crippen molar-refractivity contribution in [3.05, 3.63) is 24.3 Å². The number of allylic oxidation sites excluding steroid dienone is 4. The minimum absolute atomic E-state index is 0.00501. The number of esters is 1. The Kier molecular flexibility index (Phi) is 59.5. The molecule has 71 heavy (non-hydrogen) atoms. The molecular formula is C65H125NO5. The summed E-state index contributed by atoms with van der Waals surface area (Å²) in [5.74, 6) is -0.0265. The summed E-state index contributed by atoms with van der Waals surface area (Å²) in [6.07, 6.45) is 74.9. The summed E-state index contributed by atoms with van der Waals surface area (Å²) in [5, 5.41) is 23.2. The second-order valence-corrected chi connectivity index (χ2v) is 22.1. The predicted octanol–water partition coefficient (Wildman–Crippen LogP) is 20.2. The van der Waals surface area contributed by atoms with E-state index in [-0.39, 0.29) is 18.5 Å². The number of aliphatic hydroxyl groups is 2. The predicted molar refractivity (Wildman–Crippen MR) is 310 cm³/mol. The van der Waals surface area contributed by atoms with E-state index < -0.39 is 12.1 Å². The highest BCUT2D eigenvalue weighted by Gasteiger charge is 2.20. The lowest BCUT2D eigenvalue weighted by Gasteiger charge is -2.22. The molecule has 0 rings (SSSR count). The van der Waals surface area contributed by atoms with Crippen LogP contribution in [0, 0.1) is 0 Å². The Hall–Kier alpha value is -1.66. The van der Waals surface area contributed by atoms with Crippen LogP contribution in [0.4, 0.5) is 0 Å². The number of hydrogen-bond acceptors (Lipinski definition) is 5. The first kappa shape index (κ1) is 69.3. The molecule has 1 amide bonds. The maximum Gasteiger partial charge on any atom is 0.305 e. The van der Waals surface area contributed by atoms with Gasteiger partial charge in [0.2, 0.25) is 5.91 Å². The highest BCUT2D eigenvalue weighted by Crippen LogP contribution is 2.18. The van der Waals surface area contributed by atoms with Crippen LogP contribution in [0.25, 0.3) is 0 Å². The number of rotatable bonds is 60. The van der Waals surface area contributed by atoms with E-state index in [9.17, 15) is 19.8 Å². The molecule has 420 valence electrons. The van der Waals surface area contributed by atoms with Gasteiger partial charge in [-0.15, -0.1) is 0 Å². The SMILES string of the molecule is CCCCC/C=C\C/C=C\CCCCCCCC(=O)OCCCCCCCCCCCCCCCCCCCCCCCCCCCCCCC(=O)NC(CO)C(O)CCCCCCCCCCCCC. The molecule has 6 nitrogen and oxygen atoms in total. The second-order valence-electron chi connectivity index (χ2n) is 22.1. The molecule has 2 unspecified atom stereocenters. The number of hydrogen-bond donors (Lipinski definition) is 3. The van der Waals surface area contributed by atoms with Gasteiger partial charge in [0, 0.05) is 12.8 Å². The summed E-state index contributed by atoms with van der Waals surface area (Å²) >= 11 is 0. The summed E-state index contributed by atoms with van der Waals surface area (Å²) in [5.41, 5.74) is 0. The minimum Gasteiger partial charge on any atom is -0.466 e. The number of carbonyl (C=O) groups is 2. The third kappa shape index (κ3) is 57.5. The molecule has 0 spiro atoms. The molecule has 0 fully saturated rings. The van der Waals surface area contributed by atoms with Gasteiger partial charge in [-0.25, -0.2) is 0 Å². The maximum atomic E-state index is 12.5. The van der Waals surface area contributed by atoms with Crippen LogP contribution >= 0.6 is 0 Å². The largest absolute Gasteiger partial charge is 0.466 e. The molecule has 0 saturated heterocycles. The fourth-order valence-corrected chi connectivity index (χ4v) is 10.1. The number of amides is 1. The van der Waals surface area contributed by atoms with Crippen LogP contribution in [0.15, 0.2) is 24.3 Å². The van der Waals surface area contributed by atoms with Crippen molar-refractivity contribution < 1.29 is 24.5 Å². The van der Waals surface area contributed by atoms with Crippen LogP contribution < -0.4 is 5.32 Å². The van der Waals surface area contributed by atoms with E-state index >= 15 is 0 Å². The summed E-state index contributed by atoms with van der Waals surface area (Å²) in [6.45, 7) is 4.93. The van der Waals surface area contributed by atoms with Gasteiger partial charge >= 0.3 is 5.97 Å². The molecule has 0 bridgehead atoms. The average Bonchev–Trinajstić information content (AvgIpc) is 3.37. The lowest BCUT2D eigenvalue weighted by Crippen LogP contribution is -2.45. The molecule has 0 aliphatic rings.